The fraction of sp³-hybridized carbons (Fsp3) is 0.261. The summed E-state index contributed by atoms with van der Waals surface area (Å²) in [4.78, 5) is 17.0. The van der Waals surface area contributed by atoms with Gasteiger partial charge in [0, 0.05) is 29.9 Å². The van der Waals surface area contributed by atoms with Crippen molar-refractivity contribution >= 4 is 27.8 Å². The van der Waals surface area contributed by atoms with Crippen LogP contribution in [0.3, 0.4) is 0 Å². The first-order valence-electron chi connectivity index (χ1n) is 9.72. The largest absolute Gasteiger partial charge is 0.446 e. The molecule has 29 heavy (non-hydrogen) atoms. The van der Waals surface area contributed by atoms with Gasteiger partial charge in [-0.2, -0.15) is 5.10 Å². The standard InChI is InChI=1S/C23H24N4O2/c1-15(2)12-24-14-29-23(28)18-5-8-21-16(10-18)4-7-20(26-21)17-6-9-22-19(11-17)13-25-27(22)3/h4-11,13,15,24H,12,14H2,1-3H3. The predicted octanol–water partition coefficient (Wildman–Crippen LogP) is 4.15. The highest BCUT2D eigenvalue weighted by molar-refractivity contribution is 5.95. The predicted molar refractivity (Wildman–Crippen MR) is 115 cm³/mol. The Morgan fingerprint density at radius 1 is 1.10 bits per heavy atom. The summed E-state index contributed by atoms with van der Waals surface area (Å²) in [6.07, 6.45) is 1.85. The van der Waals surface area contributed by atoms with Crippen LogP contribution in [0, 0.1) is 5.92 Å². The van der Waals surface area contributed by atoms with Gasteiger partial charge in [-0.25, -0.2) is 9.78 Å². The topological polar surface area (TPSA) is 69.0 Å². The number of benzene rings is 2. The smallest absolute Gasteiger partial charge is 0.339 e. The highest BCUT2D eigenvalue weighted by Crippen LogP contribution is 2.25. The van der Waals surface area contributed by atoms with Gasteiger partial charge in [0.25, 0.3) is 0 Å². The van der Waals surface area contributed by atoms with Gasteiger partial charge >= 0.3 is 5.97 Å². The average molecular weight is 388 g/mol. The second-order valence-electron chi connectivity index (χ2n) is 7.57. The summed E-state index contributed by atoms with van der Waals surface area (Å²) in [5, 5.41) is 9.37. The zero-order valence-electron chi connectivity index (χ0n) is 16.8. The zero-order chi connectivity index (χ0) is 20.4. The second kappa shape index (κ2) is 8.01. The normalized spacial score (nSPS) is 11.4. The summed E-state index contributed by atoms with van der Waals surface area (Å²) in [5.41, 5.74) is 4.36. The molecule has 0 radical (unpaired) electrons. The molecule has 0 spiro atoms. The van der Waals surface area contributed by atoms with E-state index < -0.39 is 0 Å². The van der Waals surface area contributed by atoms with E-state index in [1.807, 2.05) is 48.3 Å². The van der Waals surface area contributed by atoms with Gasteiger partial charge in [-0.05, 0) is 42.3 Å². The molecule has 6 heteroatoms. The van der Waals surface area contributed by atoms with Crippen molar-refractivity contribution in [3.8, 4) is 11.3 Å². The molecule has 0 bridgehead atoms. The van der Waals surface area contributed by atoms with Crippen LogP contribution in [-0.2, 0) is 11.8 Å². The van der Waals surface area contributed by atoms with Gasteiger partial charge in [0.05, 0.1) is 28.5 Å². The van der Waals surface area contributed by atoms with Crippen molar-refractivity contribution < 1.29 is 9.53 Å². The highest BCUT2D eigenvalue weighted by atomic mass is 16.5. The number of hydrogen-bond donors (Lipinski definition) is 1. The van der Waals surface area contributed by atoms with E-state index in [1.165, 1.54) is 0 Å². The molecule has 0 aliphatic carbocycles. The quantitative estimate of drug-likeness (QED) is 0.305. The molecule has 0 atom stereocenters. The molecule has 4 rings (SSSR count). The molecule has 0 saturated carbocycles. The Hall–Kier alpha value is -3.25. The molecule has 148 valence electrons. The number of aromatic nitrogens is 3. The summed E-state index contributed by atoms with van der Waals surface area (Å²) in [7, 11) is 1.93. The second-order valence-corrected chi connectivity index (χ2v) is 7.57. The van der Waals surface area contributed by atoms with Crippen LogP contribution >= 0.6 is 0 Å². The maximum atomic E-state index is 12.3. The Balaban J connectivity index is 1.54. The van der Waals surface area contributed by atoms with Crippen LogP contribution in [0.25, 0.3) is 33.1 Å². The first kappa shape index (κ1) is 19.1. The van der Waals surface area contributed by atoms with Crippen molar-refractivity contribution in [2.75, 3.05) is 13.3 Å². The van der Waals surface area contributed by atoms with Crippen molar-refractivity contribution in [3.63, 3.8) is 0 Å². The number of carbonyl (C=O) groups excluding carboxylic acids is 1. The minimum absolute atomic E-state index is 0.211. The maximum Gasteiger partial charge on any atom is 0.339 e. The van der Waals surface area contributed by atoms with E-state index in [4.69, 9.17) is 9.72 Å². The van der Waals surface area contributed by atoms with Gasteiger partial charge in [-0.3, -0.25) is 10.00 Å². The number of hydrogen-bond acceptors (Lipinski definition) is 5. The van der Waals surface area contributed by atoms with Crippen molar-refractivity contribution in [3.05, 3.63) is 60.3 Å². The third-order valence-electron chi connectivity index (χ3n) is 4.82. The van der Waals surface area contributed by atoms with Gasteiger partial charge in [0.1, 0.15) is 6.73 Å². The van der Waals surface area contributed by atoms with Crippen LogP contribution in [-0.4, -0.2) is 34.0 Å². The van der Waals surface area contributed by atoms with Crippen molar-refractivity contribution in [2.24, 2.45) is 13.0 Å². The number of aryl methyl sites for hydroxylation is 1. The molecule has 0 saturated heterocycles. The average Bonchev–Trinajstić information content (AvgIpc) is 3.10. The third kappa shape index (κ3) is 4.12. The molecule has 2 aromatic heterocycles. The Labute approximate surface area is 169 Å². The van der Waals surface area contributed by atoms with E-state index >= 15 is 0 Å². The SMILES string of the molecule is CC(C)CNCOC(=O)c1ccc2nc(-c3ccc4c(cnn4C)c3)ccc2c1. The number of esters is 1. The van der Waals surface area contributed by atoms with E-state index in [-0.39, 0.29) is 12.7 Å². The lowest BCUT2D eigenvalue weighted by Crippen LogP contribution is -2.24. The van der Waals surface area contributed by atoms with Crippen LogP contribution in [0.2, 0.25) is 0 Å². The molecule has 4 aromatic rings. The van der Waals surface area contributed by atoms with Crippen LogP contribution in [0.15, 0.2) is 54.7 Å². The minimum Gasteiger partial charge on any atom is -0.446 e. The van der Waals surface area contributed by atoms with E-state index in [2.05, 4.69) is 36.4 Å². The zero-order valence-corrected chi connectivity index (χ0v) is 16.8. The molecule has 0 aliphatic rings. The van der Waals surface area contributed by atoms with Crippen LogP contribution in [0.5, 0.6) is 0 Å². The van der Waals surface area contributed by atoms with Gasteiger partial charge in [-0.15, -0.1) is 0 Å². The molecule has 0 aliphatic heterocycles. The molecular formula is C23H24N4O2. The number of nitrogens with one attached hydrogen (secondary N) is 1. The molecule has 1 N–H and O–H groups in total. The molecule has 2 heterocycles. The fourth-order valence-electron chi connectivity index (χ4n) is 3.28. The highest BCUT2D eigenvalue weighted by Gasteiger charge is 2.10. The summed E-state index contributed by atoms with van der Waals surface area (Å²) in [5.74, 6) is 0.169. The lowest BCUT2D eigenvalue weighted by molar-refractivity contribution is 0.0469. The molecule has 2 aromatic carbocycles. The monoisotopic (exact) mass is 388 g/mol. The molecular weight excluding hydrogens is 364 g/mol. The maximum absolute atomic E-state index is 12.3. The number of nitrogens with zero attached hydrogens (tertiary/aromatic N) is 3. The number of carbonyl (C=O) groups is 1. The fourth-order valence-corrected chi connectivity index (χ4v) is 3.28. The van der Waals surface area contributed by atoms with Crippen LogP contribution < -0.4 is 5.32 Å². The Kier molecular flexibility index (Phi) is 5.27. The number of fused-ring (bicyclic) bond motifs is 2. The van der Waals surface area contributed by atoms with Crippen molar-refractivity contribution in [1.82, 2.24) is 20.1 Å². The lowest BCUT2D eigenvalue weighted by Gasteiger charge is -2.09. The van der Waals surface area contributed by atoms with Crippen LogP contribution in [0.4, 0.5) is 0 Å². The van der Waals surface area contributed by atoms with E-state index in [1.54, 1.807) is 6.07 Å². The van der Waals surface area contributed by atoms with Gasteiger partial charge in [0.2, 0.25) is 0 Å². The summed E-state index contributed by atoms with van der Waals surface area (Å²) in [6.45, 7) is 5.23. The third-order valence-corrected chi connectivity index (χ3v) is 4.82. The van der Waals surface area contributed by atoms with Crippen molar-refractivity contribution in [2.45, 2.75) is 13.8 Å². The minimum atomic E-state index is -0.339. The van der Waals surface area contributed by atoms with E-state index in [0.717, 1.165) is 39.6 Å². The molecule has 0 amide bonds. The van der Waals surface area contributed by atoms with E-state index in [9.17, 15) is 4.79 Å². The van der Waals surface area contributed by atoms with Crippen LogP contribution in [0.1, 0.15) is 24.2 Å². The first-order valence-corrected chi connectivity index (χ1v) is 9.72. The summed E-state index contributed by atoms with van der Waals surface area (Å²) < 4.78 is 7.14. The number of rotatable bonds is 6. The number of pyridine rings is 1. The first-order chi connectivity index (χ1) is 14.0. The van der Waals surface area contributed by atoms with Crippen molar-refractivity contribution in [1.29, 1.82) is 0 Å². The Morgan fingerprint density at radius 2 is 1.97 bits per heavy atom. The number of ether oxygens (including phenoxy) is 1. The Bertz CT molecular complexity index is 1180. The Morgan fingerprint density at radius 3 is 2.79 bits per heavy atom. The molecule has 0 fully saturated rings. The van der Waals surface area contributed by atoms with Gasteiger partial charge in [0.15, 0.2) is 0 Å². The molecule has 6 nitrogen and oxygen atoms in total. The molecule has 0 unspecified atom stereocenters. The lowest BCUT2D eigenvalue weighted by atomic mass is 10.1. The summed E-state index contributed by atoms with van der Waals surface area (Å²) in [6, 6.07) is 15.6. The summed E-state index contributed by atoms with van der Waals surface area (Å²) >= 11 is 0. The van der Waals surface area contributed by atoms with Gasteiger partial charge < -0.3 is 4.74 Å². The van der Waals surface area contributed by atoms with E-state index in [0.29, 0.717) is 11.5 Å². The van der Waals surface area contributed by atoms with Gasteiger partial charge in [-0.1, -0.05) is 26.0 Å².